The zero-order chi connectivity index (χ0) is 15.2. The van der Waals surface area contributed by atoms with E-state index in [9.17, 15) is 0 Å². The van der Waals surface area contributed by atoms with Crippen LogP contribution in [-0.4, -0.2) is 55.9 Å². The van der Waals surface area contributed by atoms with Crippen molar-refractivity contribution in [2.24, 2.45) is 11.7 Å². The third-order valence-electron chi connectivity index (χ3n) is 4.48. The number of hydrogen-bond acceptors (Lipinski definition) is 3. The van der Waals surface area contributed by atoms with E-state index >= 15 is 0 Å². The van der Waals surface area contributed by atoms with Gasteiger partial charge in [0.15, 0.2) is 0 Å². The van der Waals surface area contributed by atoms with Gasteiger partial charge in [-0.2, -0.15) is 0 Å². The molecule has 1 heterocycles. The summed E-state index contributed by atoms with van der Waals surface area (Å²) in [6.07, 6.45) is 2.55. The summed E-state index contributed by atoms with van der Waals surface area (Å²) in [6.45, 7) is 4.33. The minimum absolute atomic E-state index is 0.00228. The molecule has 1 aromatic rings. The van der Waals surface area contributed by atoms with Crippen LogP contribution >= 0.6 is 0 Å². The third kappa shape index (κ3) is 4.83. The van der Waals surface area contributed by atoms with E-state index in [-0.39, 0.29) is 11.8 Å². The lowest BCUT2D eigenvalue weighted by Crippen LogP contribution is -2.38. The van der Waals surface area contributed by atoms with Gasteiger partial charge in [-0.05, 0) is 51.5 Å². The van der Waals surface area contributed by atoms with E-state index in [0.717, 1.165) is 24.6 Å². The standard InChI is InChI=1S/C17H28N4/c1-20-10-8-14(9-11-20)12-21(2)13-16(17(18)19)15-6-4-3-5-7-15/h3-7,14,16H,8-13H2,1-2H3,(H3,18,19). The number of nitrogens with one attached hydrogen (secondary N) is 1. The normalized spacial score (nSPS) is 18.8. The summed E-state index contributed by atoms with van der Waals surface area (Å²) in [4.78, 5) is 4.74. The van der Waals surface area contributed by atoms with E-state index in [2.05, 4.69) is 36.0 Å². The summed E-state index contributed by atoms with van der Waals surface area (Å²) in [7, 11) is 4.35. The smallest absolute Gasteiger partial charge is 0.0995 e. The van der Waals surface area contributed by atoms with Crippen molar-refractivity contribution in [1.82, 2.24) is 9.80 Å². The monoisotopic (exact) mass is 288 g/mol. The lowest BCUT2D eigenvalue weighted by molar-refractivity contribution is 0.175. The van der Waals surface area contributed by atoms with Gasteiger partial charge in [0.1, 0.15) is 0 Å². The summed E-state index contributed by atoms with van der Waals surface area (Å²) in [5.74, 6) is 1.04. The number of amidine groups is 1. The number of likely N-dealkylation sites (tertiary alicyclic amines) is 1. The third-order valence-corrected chi connectivity index (χ3v) is 4.48. The van der Waals surface area contributed by atoms with Crippen molar-refractivity contribution in [1.29, 1.82) is 5.41 Å². The van der Waals surface area contributed by atoms with E-state index in [4.69, 9.17) is 11.1 Å². The molecule has 1 unspecified atom stereocenters. The van der Waals surface area contributed by atoms with E-state index < -0.39 is 0 Å². The predicted octanol–water partition coefficient (Wildman–Crippen LogP) is 1.98. The molecular weight excluding hydrogens is 260 g/mol. The Bertz CT molecular complexity index is 437. The highest BCUT2D eigenvalue weighted by Gasteiger charge is 2.21. The molecule has 1 atom stereocenters. The first kappa shape index (κ1) is 16.0. The second kappa shape index (κ2) is 7.57. The van der Waals surface area contributed by atoms with Crippen LogP contribution in [0.2, 0.25) is 0 Å². The highest BCUT2D eigenvalue weighted by molar-refractivity contribution is 5.84. The van der Waals surface area contributed by atoms with Crippen molar-refractivity contribution in [2.45, 2.75) is 18.8 Å². The minimum atomic E-state index is 0.00228. The number of nitrogens with two attached hydrogens (primary N) is 1. The maximum atomic E-state index is 7.87. The number of benzene rings is 1. The Morgan fingerprint density at radius 1 is 1.33 bits per heavy atom. The van der Waals surface area contributed by atoms with Crippen molar-refractivity contribution in [3.8, 4) is 0 Å². The largest absolute Gasteiger partial charge is 0.387 e. The van der Waals surface area contributed by atoms with Gasteiger partial charge in [-0.25, -0.2) is 0 Å². The molecule has 1 aliphatic rings. The molecule has 0 spiro atoms. The minimum Gasteiger partial charge on any atom is -0.387 e. The predicted molar refractivity (Wildman–Crippen MR) is 88.8 cm³/mol. The summed E-state index contributed by atoms with van der Waals surface area (Å²) in [5.41, 5.74) is 6.96. The molecule has 0 saturated carbocycles. The molecule has 1 aromatic carbocycles. The molecule has 3 N–H and O–H groups in total. The van der Waals surface area contributed by atoms with Gasteiger partial charge in [0.05, 0.1) is 11.8 Å². The first-order valence-electron chi connectivity index (χ1n) is 7.82. The number of rotatable bonds is 6. The Hall–Kier alpha value is -1.39. The molecule has 21 heavy (non-hydrogen) atoms. The van der Waals surface area contributed by atoms with E-state index in [1.807, 2.05) is 18.2 Å². The van der Waals surface area contributed by atoms with Crippen molar-refractivity contribution in [3.05, 3.63) is 35.9 Å². The average Bonchev–Trinajstić information content (AvgIpc) is 2.48. The summed E-state index contributed by atoms with van der Waals surface area (Å²) < 4.78 is 0. The fourth-order valence-electron chi connectivity index (χ4n) is 3.14. The van der Waals surface area contributed by atoms with E-state index in [1.165, 1.54) is 25.9 Å². The average molecular weight is 288 g/mol. The maximum absolute atomic E-state index is 7.87. The fourth-order valence-corrected chi connectivity index (χ4v) is 3.14. The van der Waals surface area contributed by atoms with Gasteiger partial charge >= 0.3 is 0 Å². The van der Waals surface area contributed by atoms with Crippen LogP contribution in [0.4, 0.5) is 0 Å². The zero-order valence-electron chi connectivity index (χ0n) is 13.3. The van der Waals surface area contributed by atoms with Crippen LogP contribution in [0.25, 0.3) is 0 Å². The highest BCUT2D eigenvalue weighted by atomic mass is 15.1. The molecule has 2 rings (SSSR count). The molecule has 1 saturated heterocycles. The summed E-state index contributed by atoms with van der Waals surface area (Å²) in [6, 6.07) is 10.2. The first-order valence-corrected chi connectivity index (χ1v) is 7.82. The highest BCUT2D eigenvalue weighted by Crippen LogP contribution is 2.20. The van der Waals surface area contributed by atoms with E-state index in [0.29, 0.717) is 0 Å². The van der Waals surface area contributed by atoms with Gasteiger partial charge in [-0.3, -0.25) is 5.41 Å². The number of nitrogens with zero attached hydrogens (tertiary/aromatic N) is 2. The van der Waals surface area contributed by atoms with Gasteiger partial charge in [0, 0.05) is 13.1 Å². The Morgan fingerprint density at radius 2 is 1.95 bits per heavy atom. The number of piperidine rings is 1. The topological polar surface area (TPSA) is 56.4 Å². The van der Waals surface area contributed by atoms with Gasteiger partial charge in [-0.15, -0.1) is 0 Å². The van der Waals surface area contributed by atoms with Gasteiger partial charge in [0.2, 0.25) is 0 Å². The lowest BCUT2D eigenvalue weighted by Gasteiger charge is -2.32. The second-order valence-electron chi connectivity index (χ2n) is 6.39. The van der Waals surface area contributed by atoms with Crippen LogP contribution in [0.1, 0.15) is 24.3 Å². The first-order chi connectivity index (χ1) is 10.1. The number of likely N-dealkylation sites (N-methyl/N-ethyl adjacent to an activating group) is 1. The summed E-state index contributed by atoms with van der Waals surface area (Å²) in [5, 5.41) is 7.87. The number of hydrogen-bond donors (Lipinski definition) is 2. The molecule has 0 bridgehead atoms. The van der Waals surface area contributed by atoms with Crippen molar-refractivity contribution >= 4 is 5.84 Å². The molecule has 0 aliphatic carbocycles. The molecule has 0 amide bonds. The van der Waals surface area contributed by atoms with Crippen LogP contribution in [0.3, 0.4) is 0 Å². The van der Waals surface area contributed by atoms with Crippen molar-refractivity contribution < 1.29 is 0 Å². The Kier molecular flexibility index (Phi) is 5.76. The summed E-state index contributed by atoms with van der Waals surface area (Å²) >= 11 is 0. The lowest BCUT2D eigenvalue weighted by atomic mass is 9.94. The van der Waals surface area contributed by atoms with E-state index in [1.54, 1.807) is 0 Å². The molecule has 1 aliphatic heterocycles. The second-order valence-corrected chi connectivity index (χ2v) is 6.39. The fraction of sp³-hybridized carbons (Fsp3) is 0.588. The molecular formula is C17H28N4. The molecule has 4 nitrogen and oxygen atoms in total. The van der Waals surface area contributed by atoms with Gasteiger partial charge < -0.3 is 15.5 Å². The Labute approximate surface area is 128 Å². The quantitative estimate of drug-likeness (QED) is 0.621. The Morgan fingerprint density at radius 3 is 2.52 bits per heavy atom. The zero-order valence-corrected chi connectivity index (χ0v) is 13.3. The van der Waals surface area contributed by atoms with Gasteiger partial charge in [0.25, 0.3) is 0 Å². The molecule has 0 radical (unpaired) electrons. The maximum Gasteiger partial charge on any atom is 0.0995 e. The SMILES string of the molecule is CN1CCC(CN(C)CC(C(=N)N)c2ccccc2)CC1. The van der Waals surface area contributed by atoms with Crippen LogP contribution < -0.4 is 5.73 Å². The Balaban J connectivity index is 1.90. The van der Waals surface area contributed by atoms with Crippen LogP contribution in [0.5, 0.6) is 0 Å². The van der Waals surface area contributed by atoms with Crippen molar-refractivity contribution in [3.63, 3.8) is 0 Å². The van der Waals surface area contributed by atoms with Crippen molar-refractivity contribution in [2.75, 3.05) is 40.3 Å². The molecule has 116 valence electrons. The van der Waals surface area contributed by atoms with Crippen LogP contribution in [0.15, 0.2) is 30.3 Å². The van der Waals surface area contributed by atoms with Gasteiger partial charge in [-0.1, -0.05) is 30.3 Å². The van der Waals surface area contributed by atoms with Crippen LogP contribution in [-0.2, 0) is 0 Å². The molecule has 1 fully saturated rings. The molecule has 0 aromatic heterocycles. The van der Waals surface area contributed by atoms with Crippen LogP contribution in [0, 0.1) is 11.3 Å². The molecule has 4 heteroatoms.